The third kappa shape index (κ3) is 4.94. The Kier molecular flexibility index (Phi) is 6.70. The number of aromatic nitrogens is 2. The van der Waals surface area contributed by atoms with Gasteiger partial charge < -0.3 is 25.6 Å². The summed E-state index contributed by atoms with van der Waals surface area (Å²) >= 11 is 0. The summed E-state index contributed by atoms with van der Waals surface area (Å²) in [5, 5.41) is 16.0. The van der Waals surface area contributed by atoms with E-state index in [1.807, 2.05) is 30.3 Å². The first-order valence-corrected chi connectivity index (χ1v) is 11.9. The lowest BCUT2D eigenvalue weighted by molar-refractivity contribution is -0.118. The lowest BCUT2D eigenvalue weighted by atomic mass is 9.99. The van der Waals surface area contributed by atoms with E-state index >= 15 is 0 Å². The number of rotatable bonds is 7. The van der Waals surface area contributed by atoms with Crippen molar-refractivity contribution < 1.29 is 19.1 Å². The summed E-state index contributed by atoms with van der Waals surface area (Å²) in [5.74, 6) is -1.57. The van der Waals surface area contributed by atoms with Gasteiger partial charge in [-0.3, -0.25) is 9.59 Å². The molecule has 37 heavy (non-hydrogen) atoms. The molecular formula is C28H26FN5O3. The van der Waals surface area contributed by atoms with Gasteiger partial charge >= 0.3 is 0 Å². The van der Waals surface area contributed by atoms with Crippen LogP contribution in [0.15, 0.2) is 72.9 Å². The number of hydrogen-bond donors (Lipinski definition) is 4. The highest BCUT2D eigenvalue weighted by Crippen LogP contribution is 2.38. The molecule has 1 unspecified atom stereocenters. The average molecular weight is 500 g/mol. The summed E-state index contributed by atoms with van der Waals surface area (Å²) in [6.45, 7) is 0.168. The van der Waals surface area contributed by atoms with Gasteiger partial charge in [-0.2, -0.15) is 0 Å². The maximum atomic E-state index is 13.3. The zero-order valence-electron chi connectivity index (χ0n) is 20.2. The van der Waals surface area contributed by atoms with Crippen LogP contribution in [0.4, 0.5) is 21.6 Å². The van der Waals surface area contributed by atoms with E-state index in [2.05, 4.69) is 20.6 Å². The summed E-state index contributed by atoms with van der Waals surface area (Å²) in [7, 11) is 1.78. The summed E-state index contributed by atoms with van der Waals surface area (Å²) in [6, 6.07) is 18.5. The van der Waals surface area contributed by atoms with E-state index in [0.29, 0.717) is 35.5 Å². The molecule has 0 fully saturated rings. The molecule has 2 amide bonds. The van der Waals surface area contributed by atoms with Gasteiger partial charge in [0.15, 0.2) is 0 Å². The number of nitrogens with one attached hydrogen (secondary N) is 3. The molecule has 2 aromatic heterocycles. The normalized spacial score (nSPS) is 13.7. The molecule has 1 aliphatic rings. The number of likely N-dealkylation sites (N-methyl/N-ethyl adjacent to an activating group) is 1. The maximum Gasteiger partial charge on any atom is 0.257 e. The number of aromatic amines is 1. The molecule has 1 atom stereocenters. The number of pyridine rings is 1. The predicted molar refractivity (Wildman–Crippen MR) is 139 cm³/mol. The minimum atomic E-state index is -0.882. The fourth-order valence-electron chi connectivity index (χ4n) is 4.46. The molecule has 0 bridgehead atoms. The van der Waals surface area contributed by atoms with E-state index in [0.717, 1.165) is 16.9 Å². The Hall–Kier alpha value is -4.50. The molecule has 4 N–H and O–H groups in total. The van der Waals surface area contributed by atoms with Crippen molar-refractivity contribution in [2.75, 3.05) is 30.8 Å². The van der Waals surface area contributed by atoms with Gasteiger partial charge in [0.2, 0.25) is 5.91 Å². The molecule has 0 radical (unpaired) electrons. The zero-order valence-corrected chi connectivity index (χ0v) is 20.2. The first-order chi connectivity index (χ1) is 17.9. The third-order valence-electron chi connectivity index (χ3n) is 6.45. The first-order valence-electron chi connectivity index (χ1n) is 11.9. The van der Waals surface area contributed by atoms with Gasteiger partial charge in [0, 0.05) is 43.2 Å². The Balaban J connectivity index is 1.48. The second-order valence-electron chi connectivity index (χ2n) is 8.90. The van der Waals surface area contributed by atoms with Gasteiger partial charge in [-0.1, -0.05) is 30.3 Å². The highest BCUT2D eigenvalue weighted by atomic mass is 19.1. The van der Waals surface area contributed by atoms with E-state index in [-0.39, 0.29) is 11.7 Å². The van der Waals surface area contributed by atoms with E-state index in [4.69, 9.17) is 0 Å². The van der Waals surface area contributed by atoms with Crippen molar-refractivity contribution >= 4 is 29.0 Å². The number of carbonyl (C=O) groups excluding carboxylic acids is 2. The molecule has 1 aliphatic heterocycles. The van der Waals surface area contributed by atoms with Crippen molar-refractivity contribution in [3.05, 3.63) is 95.6 Å². The topological polar surface area (TPSA) is 110 Å². The average Bonchev–Trinajstić information content (AvgIpc) is 3.27. The number of aliphatic hydroxyl groups excluding tert-OH is 1. The van der Waals surface area contributed by atoms with Crippen LogP contribution in [0.25, 0.3) is 11.3 Å². The molecule has 3 heterocycles. The number of hydrogen-bond acceptors (Lipinski definition) is 5. The van der Waals surface area contributed by atoms with Crippen molar-refractivity contribution in [2.45, 2.75) is 12.3 Å². The van der Waals surface area contributed by atoms with E-state index in [1.54, 1.807) is 30.3 Å². The van der Waals surface area contributed by atoms with Crippen LogP contribution in [-0.2, 0) is 11.2 Å². The number of aliphatic hydroxyl groups is 1. The SMILES string of the molecule is CN1CCc2[nH]c(-c3ccnc(NC(=O)C(CO)c4ccc(F)cc4)c3)c(Nc3ccccc3)c2C1=O. The molecule has 4 aromatic rings. The van der Waals surface area contributed by atoms with Gasteiger partial charge in [0.25, 0.3) is 5.91 Å². The number of anilines is 3. The molecule has 0 aliphatic carbocycles. The molecule has 8 nitrogen and oxygen atoms in total. The molecule has 0 saturated heterocycles. The Morgan fingerprint density at radius 3 is 2.65 bits per heavy atom. The van der Waals surface area contributed by atoms with Crippen molar-refractivity contribution in [2.24, 2.45) is 0 Å². The highest BCUT2D eigenvalue weighted by Gasteiger charge is 2.30. The Morgan fingerprint density at radius 1 is 1.16 bits per heavy atom. The smallest absolute Gasteiger partial charge is 0.257 e. The fourth-order valence-corrected chi connectivity index (χ4v) is 4.46. The van der Waals surface area contributed by atoms with Crippen LogP contribution in [0.5, 0.6) is 0 Å². The molecule has 2 aromatic carbocycles. The van der Waals surface area contributed by atoms with E-state index in [9.17, 15) is 19.1 Å². The quantitative estimate of drug-likeness (QED) is 0.303. The third-order valence-corrected chi connectivity index (χ3v) is 6.45. The van der Waals surface area contributed by atoms with Gasteiger partial charge in [0.05, 0.1) is 29.5 Å². The standard InChI is InChI=1S/C28H26FN5O3/c1-34-14-12-22-24(28(34)37)26(31-20-5-3-2-4-6-20)25(32-22)18-11-13-30-23(15-18)33-27(36)21(16-35)17-7-9-19(29)10-8-17/h2-11,13,15,21,31-32,35H,12,14,16H2,1H3,(H,30,33,36). The summed E-state index contributed by atoms with van der Waals surface area (Å²) in [4.78, 5) is 35.4. The van der Waals surface area contributed by atoms with Crippen LogP contribution in [0, 0.1) is 5.82 Å². The second-order valence-corrected chi connectivity index (χ2v) is 8.90. The molecular weight excluding hydrogens is 473 g/mol. The number of H-pyrrole nitrogens is 1. The number of fused-ring (bicyclic) bond motifs is 1. The molecule has 0 saturated carbocycles. The maximum absolute atomic E-state index is 13.3. The zero-order chi connectivity index (χ0) is 25.9. The minimum absolute atomic E-state index is 0.0742. The fraction of sp³-hybridized carbons (Fsp3) is 0.179. The molecule has 188 valence electrons. The molecule has 9 heteroatoms. The van der Waals surface area contributed by atoms with Crippen molar-refractivity contribution in [1.82, 2.24) is 14.9 Å². The van der Waals surface area contributed by atoms with Crippen molar-refractivity contribution in [1.29, 1.82) is 0 Å². The lowest BCUT2D eigenvalue weighted by Crippen LogP contribution is -2.34. The van der Waals surface area contributed by atoms with Crippen LogP contribution < -0.4 is 10.6 Å². The Bertz CT molecular complexity index is 1440. The van der Waals surface area contributed by atoms with E-state index in [1.165, 1.54) is 24.3 Å². The van der Waals surface area contributed by atoms with Gasteiger partial charge in [-0.25, -0.2) is 9.37 Å². The summed E-state index contributed by atoms with van der Waals surface area (Å²) in [6.07, 6.45) is 2.25. The van der Waals surface area contributed by atoms with Crippen molar-refractivity contribution in [3.63, 3.8) is 0 Å². The number of benzene rings is 2. The Labute approximate surface area is 213 Å². The van der Waals surface area contributed by atoms with Crippen LogP contribution >= 0.6 is 0 Å². The van der Waals surface area contributed by atoms with Gasteiger partial charge in [-0.15, -0.1) is 0 Å². The number of carbonyl (C=O) groups is 2. The molecule has 0 spiro atoms. The van der Waals surface area contributed by atoms with E-state index < -0.39 is 24.2 Å². The predicted octanol–water partition coefficient (Wildman–Crippen LogP) is 4.30. The summed E-state index contributed by atoms with van der Waals surface area (Å²) in [5.41, 5.74) is 4.83. The number of para-hydroxylation sites is 1. The van der Waals surface area contributed by atoms with Crippen LogP contribution in [-0.4, -0.2) is 52.0 Å². The summed E-state index contributed by atoms with van der Waals surface area (Å²) < 4.78 is 13.3. The Morgan fingerprint density at radius 2 is 1.92 bits per heavy atom. The second kappa shape index (κ2) is 10.2. The molecule has 5 rings (SSSR count). The van der Waals surface area contributed by atoms with Crippen molar-refractivity contribution in [3.8, 4) is 11.3 Å². The van der Waals surface area contributed by atoms with Crippen LogP contribution in [0.1, 0.15) is 27.5 Å². The van der Waals surface area contributed by atoms with Gasteiger partial charge in [-0.05, 0) is 42.0 Å². The number of amides is 2. The first kappa shape index (κ1) is 24.2. The van der Waals surface area contributed by atoms with Gasteiger partial charge in [0.1, 0.15) is 11.6 Å². The lowest BCUT2D eigenvalue weighted by Gasteiger charge is -2.23. The van der Waals surface area contributed by atoms with Crippen LogP contribution in [0.3, 0.4) is 0 Å². The highest BCUT2D eigenvalue weighted by molar-refractivity contribution is 6.06. The minimum Gasteiger partial charge on any atom is -0.395 e. The number of nitrogens with zero attached hydrogens (tertiary/aromatic N) is 2. The largest absolute Gasteiger partial charge is 0.395 e. The van der Waals surface area contributed by atoms with Crippen LogP contribution in [0.2, 0.25) is 0 Å². The monoisotopic (exact) mass is 499 g/mol. The number of halogens is 1.